The second-order valence-corrected chi connectivity index (χ2v) is 19.0. The van der Waals surface area contributed by atoms with E-state index in [0.29, 0.717) is 38.5 Å². The molecule has 55 heavy (non-hydrogen) atoms. The maximum Gasteiger partial charge on any atom is 0.306 e. The second kappa shape index (κ2) is 16.0. The number of ether oxygens (including phenoxy) is 4. The van der Waals surface area contributed by atoms with Gasteiger partial charge in [0.2, 0.25) is 0 Å². The zero-order valence-electron chi connectivity index (χ0n) is 35.6. The standard InChI is InChI=1S/C44H68O11/c1-13-16-34(48)52-29-23-28-27(40(7,8)38(29)54-36(50)18-15-3)19-20-31-41(9)24-30(53-35(49)17-14-2)37(42(41,10)25-33(47)43(28,31)11)44(12,51)32(46)21-22-39(5,6)55-26(4)45/h19,28-31,37-38,51H,13-18,20-25H2,1-12H3/t28-,29+,30-,31+,37+,38-,41+,42-,43+,44+/m1/s1. The molecule has 4 aliphatic rings. The molecule has 0 aromatic heterocycles. The van der Waals surface area contributed by atoms with Gasteiger partial charge in [0.05, 0.1) is 0 Å². The highest BCUT2D eigenvalue weighted by molar-refractivity contribution is 5.90. The Kier molecular flexibility index (Phi) is 13.0. The number of allylic oxidation sites excluding steroid dienone is 1. The minimum Gasteiger partial charge on any atom is -0.462 e. The third kappa shape index (κ3) is 8.07. The third-order valence-corrected chi connectivity index (χ3v) is 14.3. The van der Waals surface area contributed by atoms with Gasteiger partial charge in [-0.3, -0.25) is 28.8 Å². The first-order valence-electron chi connectivity index (χ1n) is 20.6. The Morgan fingerprint density at radius 3 is 1.85 bits per heavy atom. The summed E-state index contributed by atoms with van der Waals surface area (Å²) in [7, 11) is 0. The second-order valence-electron chi connectivity index (χ2n) is 19.0. The number of carbonyl (C=O) groups is 6. The summed E-state index contributed by atoms with van der Waals surface area (Å²) in [5, 5.41) is 12.4. The van der Waals surface area contributed by atoms with Gasteiger partial charge in [-0.05, 0) is 88.4 Å². The lowest BCUT2D eigenvalue weighted by Gasteiger charge is -2.65. The molecular weight excluding hydrogens is 704 g/mol. The van der Waals surface area contributed by atoms with Gasteiger partial charge in [-0.1, -0.05) is 67.0 Å². The van der Waals surface area contributed by atoms with E-state index in [9.17, 15) is 29.1 Å². The highest BCUT2D eigenvalue weighted by Gasteiger charge is 2.75. The van der Waals surface area contributed by atoms with Gasteiger partial charge >= 0.3 is 23.9 Å². The highest BCUT2D eigenvalue weighted by Crippen LogP contribution is 2.74. The number of aliphatic hydroxyl groups is 1. The fourth-order valence-electron chi connectivity index (χ4n) is 11.5. The fourth-order valence-corrected chi connectivity index (χ4v) is 11.5. The Morgan fingerprint density at radius 1 is 0.800 bits per heavy atom. The average Bonchev–Trinajstić information content (AvgIpc) is 3.27. The molecule has 0 unspecified atom stereocenters. The van der Waals surface area contributed by atoms with Crippen LogP contribution < -0.4 is 0 Å². The summed E-state index contributed by atoms with van der Waals surface area (Å²) in [5.41, 5.74) is -5.29. The van der Waals surface area contributed by atoms with Gasteiger partial charge in [-0.15, -0.1) is 0 Å². The van der Waals surface area contributed by atoms with Gasteiger partial charge in [0.25, 0.3) is 0 Å². The third-order valence-electron chi connectivity index (χ3n) is 14.3. The van der Waals surface area contributed by atoms with Gasteiger partial charge in [-0.2, -0.15) is 0 Å². The lowest BCUT2D eigenvalue weighted by atomic mass is 9.38. The maximum absolute atomic E-state index is 15.2. The van der Waals surface area contributed by atoms with Crippen LogP contribution in [0.1, 0.15) is 160 Å². The molecule has 0 aliphatic heterocycles. The van der Waals surface area contributed by atoms with Crippen LogP contribution in [0.15, 0.2) is 11.6 Å². The summed E-state index contributed by atoms with van der Waals surface area (Å²) in [5.74, 6) is -3.65. The predicted octanol–water partition coefficient (Wildman–Crippen LogP) is 7.57. The lowest BCUT2D eigenvalue weighted by Crippen LogP contribution is -2.66. The molecule has 3 saturated carbocycles. The van der Waals surface area contributed by atoms with Crippen LogP contribution in [-0.4, -0.2) is 70.1 Å². The molecule has 11 nitrogen and oxygen atoms in total. The molecule has 0 bridgehead atoms. The Labute approximate surface area is 328 Å². The smallest absolute Gasteiger partial charge is 0.306 e. The molecule has 3 fully saturated rings. The molecule has 0 radical (unpaired) electrons. The molecule has 0 saturated heterocycles. The number of rotatable bonds is 15. The Hall–Kier alpha value is -3.08. The van der Waals surface area contributed by atoms with Crippen molar-refractivity contribution in [3.8, 4) is 0 Å². The summed E-state index contributed by atoms with van der Waals surface area (Å²) in [6.45, 7) is 22.0. The zero-order valence-corrected chi connectivity index (χ0v) is 35.6. The van der Waals surface area contributed by atoms with Crippen molar-refractivity contribution in [3.63, 3.8) is 0 Å². The van der Waals surface area contributed by atoms with E-state index in [1.807, 2.05) is 48.5 Å². The summed E-state index contributed by atoms with van der Waals surface area (Å²) in [6.07, 6.45) is 3.49. The van der Waals surface area contributed by atoms with Crippen molar-refractivity contribution in [2.45, 2.75) is 190 Å². The highest BCUT2D eigenvalue weighted by atomic mass is 16.6. The summed E-state index contributed by atoms with van der Waals surface area (Å²) in [4.78, 5) is 80.3. The number of hydrogen-bond acceptors (Lipinski definition) is 11. The molecular formula is C44H68O11. The van der Waals surface area contributed by atoms with Crippen LogP contribution in [0.2, 0.25) is 0 Å². The van der Waals surface area contributed by atoms with Gasteiger partial charge in [-0.25, -0.2) is 0 Å². The van der Waals surface area contributed by atoms with Crippen molar-refractivity contribution in [2.24, 2.45) is 39.4 Å². The maximum atomic E-state index is 15.2. The van der Waals surface area contributed by atoms with Crippen LogP contribution in [0.25, 0.3) is 0 Å². The largest absolute Gasteiger partial charge is 0.462 e. The van der Waals surface area contributed by atoms with Gasteiger partial charge in [0.1, 0.15) is 35.3 Å². The Balaban J connectivity index is 1.81. The van der Waals surface area contributed by atoms with Crippen molar-refractivity contribution in [3.05, 3.63) is 11.6 Å². The molecule has 310 valence electrons. The molecule has 0 heterocycles. The summed E-state index contributed by atoms with van der Waals surface area (Å²) < 4.78 is 23.9. The van der Waals surface area contributed by atoms with Crippen LogP contribution in [0.4, 0.5) is 0 Å². The quantitative estimate of drug-likeness (QED) is 0.0994. The molecule has 0 spiro atoms. The molecule has 11 heteroatoms. The van der Waals surface area contributed by atoms with E-state index in [1.54, 1.807) is 13.8 Å². The number of hydrogen-bond donors (Lipinski definition) is 1. The lowest BCUT2D eigenvalue weighted by molar-refractivity contribution is -0.198. The number of carbonyl (C=O) groups excluding carboxylic acids is 6. The van der Waals surface area contributed by atoms with Gasteiger partial charge in [0, 0.05) is 55.8 Å². The summed E-state index contributed by atoms with van der Waals surface area (Å²) in [6, 6.07) is 0. The van der Waals surface area contributed by atoms with Crippen molar-refractivity contribution in [1.82, 2.24) is 0 Å². The number of ketones is 2. The normalized spacial score (nSPS) is 34.9. The van der Waals surface area contributed by atoms with Crippen molar-refractivity contribution in [1.29, 1.82) is 0 Å². The van der Waals surface area contributed by atoms with E-state index in [4.69, 9.17) is 18.9 Å². The van der Waals surface area contributed by atoms with Crippen molar-refractivity contribution >= 4 is 35.4 Å². The zero-order chi connectivity index (χ0) is 41.5. The minimum absolute atomic E-state index is 0.0197. The van der Waals surface area contributed by atoms with E-state index in [1.165, 1.54) is 13.8 Å². The van der Waals surface area contributed by atoms with E-state index in [0.717, 1.165) is 5.57 Å². The van der Waals surface area contributed by atoms with E-state index in [2.05, 4.69) is 13.0 Å². The minimum atomic E-state index is -1.99. The van der Waals surface area contributed by atoms with Crippen LogP contribution in [0, 0.1) is 39.4 Å². The fraction of sp³-hybridized carbons (Fsp3) is 0.818. The number of esters is 4. The van der Waals surface area contributed by atoms with Crippen LogP contribution in [0.3, 0.4) is 0 Å². The average molecular weight is 773 g/mol. The number of fused-ring (bicyclic) bond motifs is 5. The Morgan fingerprint density at radius 2 is 1.33 bits per heavy atom. The Bertz CT molecular complexity index is 1560. The first-order chi connectivity index (χ1) is 25.4. The van der Waals surface area contributed by atoms with Crippen LogP contribution in [0.5, 0.6) is 0 Å². The van der Waals surface area contributed by atoms with E-state index < -0.39 is 74.8 Å². The van der Waals surface area contributed by atoms with Crippen LogP contribution in [-0.2, 0) is 47.7 Å². The van der Waals surface area contributed by atoms with E-state index in [-0.39, 0.29) is 68.1 Å². The topological polar surface area (TPSA) is 160 Å². The van der Waals surface area contributed by atoms with Gasteiger partial charge < -0.3 is 24.1 Å². The SMILES string of the molecule is CCCC(=O)O[C@H]1C[C@@H]2C(=CC[C@@H]3[C@@]2(C)C(=O)C[C@]2(C)[C@@H]([C@@](C)(O)C(=O)CCC(C)(C)OC(C)=O)[C@H](OC(=O)CCC)C[C@@]32C)C(C)(C)[C@@H]1OC(=O)CCC. The first-order valence-corrected chi connectivity index (χ1v) is 20.6. The van der Waals surface area contributed by atoms with Crippen molar-refractivity contribution in [2.75, 3.05) is 0 Å². The predicted molar refractivity (Wildman–Crippen MR) is 205 cm³/mol. The molecule has 0 amide bonds. The van der Waals surface area contributed by atoms with E-state index >= 15 is 4.79 Å². The number of Topliss-reactive ketones (excluding diaryl/α,β-unsaturated/α-hetero) is 2. The summed E-state index contributed by atoms with van der Waals surface area (Å²) >= 11 is 0. The molecule has 0 aromatic rings. The van der Waals surface area contributed by atoms with Crippen LogP contribution >= 0.6 is 0 Å². The molecule has 0 aromatic carbocycles. The molecule has 4 aliphatic carbocycles. The molecule has 1 N–H and O–H groups in total. The molecule has 4 rings (SSSR count). The van der Waals surface area contributed by atoms with Crippen molar-refractivity contribution < 1.29 is 52.8 Å². The molecule has 10 atom stereocenters. The first kappa shape index (κ1) is 44.6. The monoisotopic (exact) mass is 772 g/mol. The van der Waals surface area contributed by atoms with Gasteiger partial charge in [0.15, 0.2) is 5.78 Å².